The summed E-state index contributed by atoms with van der Waals surface area (Å²) in [6.07, 6.45) is 2.11. The molecule has 0 saturated heterocycles. The topological polar surface area (TPSA) is 32.3 Å². The summed E-state index contributed by atoms with van der Waals surface area (Å²) < 4.78 is 1.44. The Kier molecular flexibility index (Phi) is 6.18. The van der Waals surface area contributed by atoms with Crippen LogP contribution < -0.4 is 5.32 Å². The Hall–Kier alpha value is 0.290. The zero-order valence-corrected chi connectivity index (χ0v) is 13.2. The van der Waals surface area contributed by atoms with Crippen LogP contribution in [0.1, 0.15) is 12.5 Å². The van der Waals surface area contributed by atoms with Gasteiger partial charge in [0.1, 0.15) is 5.75 Å². The molecule has 0 spiro atoms. The molecular weight excluding hydrogens is 354 g/mol. The lowest BCUT2D eigenvalue weighted by atomic mass is 10.2. The Morgan fingerprint density at radius 2 is 1.94 bits per heavy atom. The SMILES string of the molecule is CSC(C)CNCc1cc(Br)c(O)c(Br)c1. The number of hydrogen-bond acceptors (Lipinski definition) is 3. The first-order chi connectivity index (χ1) is 7.54. The average molecular weight is 369 g/mol. The van der Waals surface area contributed by atoms with Crippen LogP contribution >= 0.6 is 43.6 Å². The first kappa shape index (κ1) is 14.4. The number of aromatic hydroxyl groups is 1. The maximum Gasteiger partial charge on any atom is 0.143 e. The van der Waals surface area contributed by atoms with Crippen molar-refractivity contribution in [3.8, 4) is 5.75 Å². The second kappa shape index (κ2) is 6.89. The van der Waals surface area contributed by atoms with Gasteiger partial charge in [-0.25, -0.2) is 0 Å². The summed E-state index contributed by atoms with van der Waals surface area (Å²) >= 11 is 8.49. The molecule has 0 radical (unpaired) electrons. The van der Waals surface area contributed by atoms with Crippen molar-refractivity contribution in [1.82, 2.24) is 5.32 Å². The van der Waals surface area contributed by atoms with Crippen molar-refractivity contribution < 1.29 is 5.11 Å². The first-order valence-electron chi connectivity index (χ1n) is 4.95. The van der Waals surface area contributed by atoms with E-state index in [9.17, 15) is 5.11 Å². The second-order valence-electron chi connectivity index (χ2n) is 3.59. The molecule has 1 atom stereocenters. The predicted octanol–water partition coefficient (Wildman–Crippen LogP) is 3.76. The quantitative estimate of drug-likeness (QED) is 0.829. The third-order valence-corrected chi connectivity index (χ3v) is 4.42. The molecular formula is C11H15Br2NOS. The van der Waals surface area contributed by atoms with E-state index in [0.29, 0.717) is 5.25 Å². The molecule has 2 N–H and O–H groups in total. The van der Waals surface area contributed by atoms with Crippen molar-refractivity contribution in [2.75, 3.05) is 12.8 Å². The molecule has 1 rings (SSSR count). The fraction of sp³-hybridized carbons (Fsp3) is 0.455. The highest BCUT2D eigenvalue weighted by molar-refractivity contribution is 9.11. The van der Waals surface area contributed by atoms with Gasteiger partial charge >= 0.3 is 0 Å². The van der Waals surface area contributed by atoms with E-state index in [1.807, 2.05) is 23.9 Å². The molecule has 0 fully saturated rings. The summed E-state index contributed by atoms with van der Waals surface area (Å²) in [7, 11) is 0. The van der Waals surface area contributed by atoms with Crippen LogP contribution in [0.5, 0.6) is 5.75 Å². The summed E-state index contributed by atoms with van der Waals surface area (Å²) in [6, 6.07) is 3.85. The van der Waals surface area contributed by atoms with Gasteiger partial charge in [-0.2, -0.15) is 11.8 Å². The molecule has 0 heterocycles. The highest BCUT2D eigenvalue weighted by Crippen LogP contribution is 2.33. The highest BCUT2D eigenvalue weighted by atomic mass is 79.9. The fourth-order valence-electron chi connectivity index (χ4n) is 1.22. The van der Waals surface area contributed by atoms with E-state index in [2.05, 4.69) is 50.4 Å². The van der Waals surface area contributed by atoms with Crippen molar-refractivity contribution in [2.24, 2.45) is 0 Å². The van der Waals surface area contributed by atoms with Gasteiger partial charge in [0.05, 0.1) is 8.95 Å². The van der Waals surface area contributed by atoms with E-state index in [0.717, 1.165) is 27.6 Å². The number of phenolic OH excluding ortho intramolecular Hbond substituents is 1. The van der Waals surface area contributed by atoms with E-state index in [1.165, 1.54) is 0 Å². The molecule has 2 nitrogen and oxygen atoms in total. The molecule has 90 valence electrons. The molecule has 0 aromatic heterocycles. The van der Waals surface area contributed by atoms with Crippen LogP contribution in [-0.2, 0) is 6.54 Å². The van der Waals surface area contributed by atoms with E-state index in [4.69, 9.17) is 0 Å². The summed E-state index contributed by atoms with van der Waals surface area (Å²) in [6.45, 7) is 3.99. The molecule has 0 aliphatic heterocycles. The predicted molar refractivity (Wildman–Crippen MR) is 78.2 cm³/mol. The third kappa shape index (κ3) is 4.28. The van der Waals surface area contributed by atoms with Crippen LogP contribution in [0.3, 0.4) is 0 Å². The van der Waals surface area contributed by atoms with Gasteiger partial charge in [0.25, 0.3) is 0 Å². The Labute approximate surface area is 117 Å². The van der Waals surface area contributed by atoms with Gasteiger partial charge in [-0.3, -0.25) is 0 Å². The van der Waals surface area contributed by atoms with Gasteiger partial charge in [-0.05, 0) is 55.8 Å². The Bertz CT molecular complexity index is 337. The highest BCUT2D eigenvalue weighted by Gasteiger charge is 2.06. The van der Waals surface area contributed by atoms with Gasteiger partial charge < -0.3 is 10.4 Å². The summed E-state index contributed by atoms with van der Waals surface area (Å²) in [5.41, 5.74) is 1.14. The molecule has 0 amide bonds. The molecule has 0 aliphatic rings. The number of halogens is 2. The summed E-state index contributed by atoms with van der Waals surface area (Å²) in [5, 5.41) is 13.6. The minimum Gasteiger partial charge on any atom is -0.506 e. The largest absolute Gasteiger partial charge is 0.506 e. The monoisotopic (exact) mass is 367 g/mol. The smallest absolute Gasteiger partial charge is 0.143 e. The fourth-order valence-corrected chi connectivity index (χ4v) is 2.79. The Morgan fingerprint density at radius 3 is 2.44 bits per heavy atom. The minimum absolute atomic E-state index is 0.251. The van der Waals surface area contributed by atoms with Crippen LogP contribution in [0.4, 0.5) is 0 Å². The van der Waals surface area contributed by atoms with E-state index < -0.39 is 0 Å². The van der Waals surface area contributed by atoms with Crippen LogP contribution in [0.15, 0.2) is 21.1 Å². The van der Waals surface area contributed by atoms with E-state index >= 15 is 0 Å². The van der Waals surface area contributed by atoms with E-state index in [-0.39, 0.29) is 5.75 Å². The van der Waals surface area contributed by atoms with Gasteiger partial charge in [0, 0.05) is 18.3 Å². The van der Waals surface area contributed by atoms with Gasteiger partial charge in [-0.15, -0.1) is 0 Å². The molecule has 1 aromatic carbocycles. The summed E-state index contributed by atoms with van der Waals surface area (Å²) in [5.74, 6) is 0.251. The van der Waals surface area contributed by atoms with Gasteiger partial charge in [0.2, 0.25) is 0 Å². The second-order valence-corrected chi connectivity index (χ2v) is 6.57. The molecule has 0 saturated carbocycles. The van der Waals surface area contributed by atoms with Gasteiger partial charge in [-0.1, -0.05) is 6.92 Å². The maximum atomic E-state index is 9.56. The number of nitrogens with one attached hydrogen (secondary N) is 1. The number of rotatable bonds is 5. The maximum absolute atomic E-state index is 9.56. The third-order valence-electron chi connectivity index (χ3n) is 2.24. The van der Waals surface area contributed by atoms with Crippen molar-refractivity contribution in [3.05, 3.63) is 26.6 Å². The average Bonchev–Trinajstić information content (AvgIpc) is 2.25. The lowest BCUT2D eigenvalue weighted by Gasteiger charge is -2.11. The van der Waals surface area contributed by atoms with Crippen LogP contribution in [0.25, 0.3) is 0 Å². The zero-order chi connectivity index (χ0) is 12.1. The Balaban J connectivity index is 2.55. The van der Waals surface area contributed by atoms with E-state index in [1.54, 1.807) is 0 Å². The van der Waals surface area contributed by atoms with Crippen LogP contribution in [0.2, 0.25) is 0 Å². The van der Waals surface area contributed by atoms with Gasteiger partial charge in [0.15, 0.2) is 0 Å². The molecule has 0 aliphatic carbocycles. The number of thioether (sulfide) groups is 1. The lowest BCUT2D eigenvalue weighted by Crippen LogP contribution is -2.22. The Morgan fingerprint density at radius 1 is 1.38 bits per heavy atom. The minimum atomic E-state index is 0.251. The number of benzene rings is 1. The molecule has 16 heavy (non-hydrogen) atoms. The van der Waals surface area contributed by atoms with Crippen molar-refractivity contribution in [1.29, 1.82) is 0 Å². The zero-order valence-electron chi connectivity index (χ0n) is 9.26. The standard InChI is InChI=1S/C11H15Br2NOS/c1-7(16-2)5-14-6-8-3-9(12)11(15)10(13)4-8/h3-4,7,14-15H,5-6H2,1-2H3. The first-order valence-corrected chi connectivity index (χ1v) is 7.82. The lowest BCUT2D eigenvalue weighted by molar-refractivity contribution is 0.468. The summed E-state index contributed by atoms with van der Waals surface area (Å²) in [4.78, 5) is 0. The normalized spacial score (nSPS) is 12.8. The molecule has 5 heteroatoms. The molecule has 0 bridgehead atoms. The van der Waals surface area contributed by atoms with Crippen LogP contribution in [0, 0.1) is 0 Å². The van der Waals surface area contributed by atoms with Crippen molar-refractivity contribution >= 4 is 43.6 Å². The molecule has 1 aromatic rings. The van der Waals surface area contributed by atoms with Crippen molar-refractivity contribution in [3.63, 3.8) is 0 Å². The molecule has 1 unspecified atom stereocenters. The number of phenols is 1. The van der Waals surface area contributed by atoms with Crippen molar-refractivity contribution in [2.45, 2.75) is 18.7 Å². The van der Waals surface area contributed by atoms with Crippen LogP contribution in [-0.4, -0.2) is 23.2 Å². The number of hydrogen-bond donors (Lipinski definition) is 2.